The highest BCUT2D eigenvalue weighted by Gasteiger charge is 2.30. The van der Waals surface area contributed by atoms with E-state index in [1.54, 1.807) is 12.1 Å². The maximum absolute atomic E-state index is 12.6. The van der Waals surface area contributed by atoms with E-state index in [1.165, 1.54) is 4.31 Å². The van der Waals surface area contributed by atoms with Crippen molar-refractivity contribution in [3.63, 3.8) is 0 Å². The molecule has 6 heteroatoms. The van der Waals surface area contributed by atoms with E-state index in [4.69, 9.17) is 0 Å². The fraction of sp³-hybridized carbons (Fsp3) is 0.600. The molecule has 1 aromatic carbocycles. The van der Waals surface area contributed by atoms with E-state index in [1.807, 2.05) is 26.0 Å². The molecule has 1 aliphatic heterocycles. The summed E-state index contributed by atoms with van der Waals surface area (Å²) in [6, 6.07) is 7.11. The third-order valence-corrected chi connectivity index (χ3v) is 6.04. The monoisotopic (exact) mass is 312 g/mol. The summed E-state index contributed by atoms with van der Waals surface area (Å²) in [5.74, 6) is 0. The number of aliphatic hydroxyl groups excluding tert-OH is 1. The van der Waals surface area contributed by atoms with Crippen LogP contribution < -0.4 is 0 Å². The van der Waals surface area contributed by atoms with Gasteiger partial charge in [0, 0.05) is 32.2 Å². The third-order valence-electron chi connectivity index (χ3n) is 4.13. The first kappa shape index (κ1) is 16.4. The minimum absolute atomic E-state index is 0.126. The number of benzene rings is 1. The van der Waals surface area contributed by atoms with Gasteiger partial charge in [0.2, 0.25) is 10.0 Å². The van der Waals surface area contributed by atoms with Crippen molar-refractivity contribution in [3.05, 3.63) is 29.8 Å². The molecule has 118 valence electrons. The van der Waals surface area contributed by atoms with E-state index in [0.717, 1.165) is 12.0 Å². The summed E-state index contributed by atoms with van der Waals surface area (Å²) in [4.78, 5) is 2.52. The van der Waals surface area contributed by atoms with Crippen molar-refractivity contribution in [2.75, 3.05) is 32.8 Å². The van der Waals surface area contributed by atoms with Gasteiger partial charge in [-0.1, -0.05) is 24.6 Å². The molecular formula is C15H24N2O3S. The lowest BCUT2D eigenvalue weighted by Crippen LogP contribution is -2.52. The Morgan fingerprint density at radius 2 is 1.71 bits per heavy atom. The van der Waals surface area contributed by atoms with Gasteiger partial charge in [0.05, 0.1) is 11.5 Å². The quantitative estimate of drug-likeness (QED) is 0.883. The van der Waals surface area contributed by atoms with Gasteiger partial charge in [-0.3, -0.25) is 4.90 Å². The third kappa shape index (κ3) is 3.63. The second kappa shape index (κ2) is 6.87. The number of rotatable bonds is 5. The van der Waals surface area contributed by atoms with E-state index in [9.17, 15) is 13.5 Å². The van der Waals surface area contributed by atoms with E-state index < -0.39 is 10.0 Å². The van der Waals surface area contributed by atoms with Crippen LogP contribution in [0.25, 0.3) is 0 Å². The lowest BCUT2D eigenvalue weighted by atomic mass is 10.2. The Bertz CT molecular complexity index is 545. The van der Waals surface area contributed by atoms with Crippen LogP contribution in [-0.4, -0.2) is 61.6 Å². The summed E-state index contributed by atoms with van der Waals surface area (Å²) in [5.41, 5.74) is 1.05. The molecule has 1 atom stereocenters. The molecule has 0 aliphatic carbocycles. The Labute approximate surface area is 127 Å². The highest BCUT2D eigenvalue weighted by Crippen LogP contribution is 2.19. The van der Waals surface area contributed by atoms with Gasteiger partial charge >= 0.3 is 0 Å². The topological polar surface area (TPSA) is 60.9 Å². The van der Waals surface area contributed by atoms with E-state index in [-0.39, 0.29) is 12.6 Å². The smallest absolute Gasteiger partial charge is 0.243 e. The zero-order valence-electron chi connectivity index (χ0n) is 12.7. The lowest BCUT2D eigenvalue weighted by Gasteiger charge is -2.37. The van der Waals surface area contributed by atoms with E-state index in [2.05, 4.69) is 4.90 Å². The first-order valence-corrected chi connectivity index (χ1v) is 8.84. The van der Waals surface area contributed by atoms with Crippen LogP contribution in [0, 0.1) is 6.92 Å². The molecule has 1 aromatic rings. The van der Waals surface area contributed by atoms with Crippen LogP contribution in [0.2, 0.25) is 0 Å². The van der Waals surface area contributed by atoms with E-state index >= 15 is 0 Å². The minimum atomic E-state index is -3.40. The molecule has 1 fully saturated rings. The molecule has 2 rings (SSSR count). The van der Waals surface area contributed by atoms with Crippen LogP contribution in [0.4, 0.5) is 0 Å². The normalized spacial score (nSPS) is 19.6. The molecule has 21 heavy (non-hydrogen) atoms. The predicted octanol–water partition coefficient (Wildman–Crippen LogP) is 1.07. The number of nitrogens with zero attached hydrogens (tertiary/aromatic N) is 2. The second-order valence-electron chi connectivity index (χ2n) is 5.50. The highest BCUT2D eigenvalue weighted by molar-refractivity contribution is 7.89. The molecule has 1 heterocycles. The molecule has 0 aromatic heterocycles. The van der Waals surface area contributed by atoms with Gasteiger partial charge in [-0.2, -0.15) is 4.31 Å². The Hall–Kier alpha value is -0.950. The molecule has 0 spiro atoms. The number of aliphatic hydroxyl groups is 1. The zero-order valence-corrected chi connectivity index (χ0v) is 13.5. The number of hydrogen-bond acceptors (Lipinski definition) is 4. The highest BCUT2D eigenvalue weighted by atomic mass is 32.2. The standard InChI is InChI=1S/C15H24N2O3S/c1-3-14(12-18)16-8-10-17(11-9-16)21(19,20)15-6-4-13(2)5-7-15/h4-7,14,18H,3,8-12H2,1-2H3. The van der Waals surface area contributed by atoms with Gasteiger partial charge in [0.25, 0.3) is 0 Å². The molecule has 1 saturated heterocycles. The van der Waals surface area contributed by atoms with Crippen molar-refractivity contribution < 1.29 is 13.5 Å². The Balaban J connectivity index is 2.06. The van der Waals surface area contributed by atoms with Gasteiger partial charge in [-0.15, -0.1) is 0 Å². The fourth-order valence-electron chi connectivity index (χ4n) is 2.67. The summed E-state index contributed by atoms with van der Waals surface area (Å²) in [6.45, 7) is 6.40. The number of sulfonamides is 1. The Kier molecular flexibility index (Phi) is 5.37. The molecule has 5 nitrogen and oxygen atoms in total. The molecule has 0 radical (unpaired) electrons. The van der Waals surface area contributed by atoms with Gasteiger partial charge in [0.15, 0.2) is 0 Å². The Morgan fingerprint density at radius 1 is 1.14 bits per heavy atom. The Morgan fingerprint density at radius 3 is 2.19 bits per heavy atom. The summed E-state index contributed by atoms with van der Waals surface area (Å²) < 4.78 is 26.7. The van der Waals surface area contributed by atoms with Crippen LogP contribution >= 0.6 is 0 Å². The second-order valence-corrected chi connectivity index (χ2v) is 7.44. The van der Waals surface area contributed by atoms with Gasteiger partial charge < -0.3 is 5.11 Å². The SMILES string of the molecule is CCC(CO)N1CCN(S(=O)(=O)c2ccc(C)cc2)CC1. The van der Waals surface area contributed by atoms with Crippen LogP contribution in [0.1, 0.15) is 18.9 Å². The molecule has 1 aliphatic rings. The molecule has 0 saturated carbocycles. The van der Waals surface area contributed by atoms with Crippen LogP contribution in [0.15, 0.2) is 29.2 Å². The van der Waals surface area contributed by atoms with Crippen molar-refractivity contribution in [1.29, 1.82) is 0 Å². The minimum Gasteiger partial charge on any atom is -0.395 e. The summed E-state index contributed by atoms with van der Waals surface area (Å²) in [6.07, 6.45) is 0.876. The van der Waals surface area contributed by atoms with Gasteiger partial charge in [-0.25, -0.2) is 8.42 Å². The summed E-state index contributed by atoms with van der Waals surface area (Å²) >= 11 is 0. The lowest BCUT2D eigenvalue weighted by molar-refractivity contribution is 0.0881. The van der Waals surface area contributed by atoms with Crippen molar-refractivity contribution >= 4 is 10.0 Å². The average molecular weight is 312 g/mol. The molecule has 0 amide bonds. The first-order valence-electron chi connectivity index (χ1n) is 7.40. The molecule has 1 N–H and O–H groups in total. The van der Waals surface area contributed by atoms with Crippen molar-refractivity contribution in [2.24, 2.45) is 0 Å². The predicted molar refractivity (Wildman–Crippen MR) is 82.7 cm³/mol. The molecule has 1 unspecified atom stereocenters. The summed E-state index contributed by atoms with van der Waals surface area (Å²) in [7, 11) is -3.40. The van der Waals surface area contributed by atoms with E-state index in [0.29, 0.717) is 31.1 Å². The van der Waals surface area contributed by atoms with Crippen molar-refractivity contribution in [1.82, 2.24) is 9.21 Å². The van der Waals surface area contributed by atoms with Gasteiger partial charge in [-0.05, 0) is 25.5 Å². The van der Waals surface area contributed by atoms with Crippen molar-refractivity contribution in [2.45, 2.75) is 31.2 Å². The van der Waals surface area contributed by atoms with Gasteiger partial charge in [0.1, 0.15) is 0 Å². The maximum Gasteiger partial charge on any atom is 0.243 e. The summed E-state index contributed by atoms with van der Waals surface area (Å²) in [5, 5.41) is 9.33. The largest absolute Gasteiger partial charge is 0.395 e. The van der Waals surface area contributed by atoms with Crippen molar-refractivity contribution in [3.8, 4) is 0 Å². The van der Waals surface area contributed by atoms with Crippen LogP contribution in [0.5, 0.6) is 0 Å². The van der Waals surface area contributed by atoms with Crippen LogP contribution in [0.3, 0.4) is 0 Å². The maximum atomic E-state index is 12.6. The number of aryl methyl sites for hydroxylation is 1. The average Bonchev–Trinajstić information content (AvgIpc) is 2.49. The first-order chi connectivity index (χ1) is 9.98. The molecule has 0 bridgehead atoms. The number of hydrogen-bond donors (Lipinski definition) is 1. The zero-order chi connectivity index (χ0) is 15.5. The van der Waals surface area contributed by atoms with Crippen LogP contribution in [-0.2, 0) is 10.0 Å². The number of piperazine rings is 1. The fourth-order valence-corrected chi connectivity index (χ4v) is 4.09. The molecular weight excluding hydrogens is 288 g/mol.